The van der Waals surface area contributed by atoms with Crippen LogP contribution in [0.2, 0.25) is 0 Å². The molecule has 1 aromatic rings. The minimum absolute atomic E-state index is 0.574. The summed E-state index contributed by atoms with van der Waals surface area (Å²) in [4.78, 5) is 7.28. The second kappa shape index (κ2) is 3.72. The normalized spacial score (nSPS) is 9.09. The summed E-state index contributed by atoms with van der Waals surface area (Å²) in [6.45, 7) is 9.23. The molecule has 1 heterocycles. The summed E-state index contributed by atoms with van der Waals surface area (Å²) < 4.78 is 0. The number of aryl methyl sites for hydroxylation is 1. The van der Waals surface area contributed by atoms with E-state index < -0.39 is 0 Å². The van der Waals surface area contributed by atoms with Crippen LogP contribution in [0.25, 0.3) is 4.85 Å². The van der Waals surface area contributed by atoms with Crippen LogP contribution in [-0.4, -0.2) is 11.5 Å². The molecule has 2 heteroatoms. The van der Waals surface area contributed by atoms with Gasteiger partial charge in [-0.2, -0.15) is 0 Å². The Morgan fingerprint density at radius 1 is 1.64 bits per heavy atom. The van der Waals surface area contributed by atoms with E-state index in [0.29, 0.717) is 6.54 Å². The molecule has 0 aromatic carbocycles. The lowest BCUT2D eigenvalue weighted by atomic mass is 10.1. The van der Waals surface area contributed by atoms with Crippen molar-refractivity contribution in [2.45, 2.75) is 13.3 Å². The second-order valence-electron chi connectivity index (χ2n) is 2.43. The van der Waals surface area contributed by atoms with Gasteiger partial charge in [0, 0.05) is 18.8 Å². The van der Waals surface area contributed by atoms with Gasteiger partial charge in [-0.15, -0.1) is 0 Å². The molecule has 0 amide bonds. The van der Waals surface area contributed by atoms with Crippen molar-refractivity contribution in [3.63, 3.8) is 0 Å². The molecule has 0 saturated heterocycles. The first-order chi connectivity index (χ1) is 5.34. The largest absolute Gasteiger partial charge is 0.317 e. The molecule has 1 aromatic heterocycles. The van der Waals surface area contributed by atoms with Gasteiger partial charge in [0.15, 0.2) is 0 Å². The second-order valence-corrected chi connectivity index (χ2v) is 2.43. The first kappa shape index (κ1) is 7.74. The number of pyridine rings is 1. The summed E-state index contributed by atoms with van der Waals surface area (Å²) in [5.41, 5.74) is 2.41. The summed E-state index contributed by atoms with van der Waals surface area (Å²) in [7, 11) is 0. The van der Waals surface area contributed by atoms with Crippen molar-refractivity contribution in [3.8, 4) is 0 Å². The van der Waals surface area contributed by atoms with Gasteiger partial charge in [0.05, 0.1) is 0 Å². The Bertz CT molecular complexity index is 273. The first-order valence-electron chi connectivity index (χ1n) is 3.57. The van der Waals surface area contributed by atoms with Crippen LogP contribution in [0.5, 0.6) is 0 Å². The van der Waals surface area contributed by atoms with Gasteiger partial charge < -0.3 is 4.85 Å². The molecule has 0 aliphatic heterocycles. The van der Waals surface area contributed by atoms with Crippen LogP contribution in [0.4, 0.5) is 0 Å². The Morgan fingerprint density at radius 2 is 2.45 bits per heavy atom. The van der Waals surface area contributed by atoms with Gasteiger partial charge in [0.2, 0.25) is 6.54 Å². The van der Waals surface area contributed by atoms with Crippen LogP contribution >= 0.6 is 0 Å². The van der Waals surface area contributed by atoms with E-state index in [1.807, 2.05) is 19.2 Å². The molecule has 11 heavy (non-hydrogen) atoms. The van der Waals surface area contributed by atoms with E-state index in [1.165, 1.54) is 11.1 Å². The van der Waals surface area contributed by atoms with Crippen LogP contribution in [0.15, 0.2) is 18.5 Å². The zero-order valence-electron chi connectivity index (χ0n) is 6.54. The lowest BCUT2D eigenvalue weighted by molar-refractivity contribution is 1.04. The van der Waals surface area contributed by atoms with Crippen molar-refractivity contribution in [1.82, 2.24) is 4.98 Å². The van der Waals surface area contributed by atoms with Crippen LogP contribution < -0.4 is 0 Å². The molecular formula is C9H10N2. The molecule has 1 rings (SSSR count). The van der Waals surface area contributed by atoms with E-state index in [9.17, 15) is 0 Å². The third-order valence-corrected chi connectivity index (χ3v) is 1.63. The molecule has 0 saturated carbocycles. The molecule has 56 valence electrons. The predicted octanol–water partition coefficient (Wildman–Crippen LogP) is 1.85. The van der Waals surface area contributed by atoms with Gasteiger partial charge in [-0.25, -0.2) is 6.57 Å². The summed E-state index contributed by atoms with van der Waals surface area (Å²) >= 11 is 0. The van der Waals surface area contributed by atoms with Gasteiger partial charge in [-0.1, -0.05) is 0 Å². The third-order valence-electron chi connectivity index (χ3n) is 1.63. The van der Waals surface area contributed by atoms with Crippen LogP contribution in [0.1, 0.15) is 11.1 Å². The Kier molecular flexibility index (Phi) is 2.62. The molecule has 0 fully saturated rings. The lowest BCUT2D eigenvalue weighted by Gasteiger charge is -1.98. The summed E-state index contributed by atoms with van der Waals surface area (Å²) in [6.07, 6.45) is 4.45. The molecule has 0 radical (unpaired) electrons. The van der Waals surface area contributed by atoms with E-state index in [0.717, 1.165) is 6.42 Å². The minimum atomic E-state index is 0.574. The van der Waals surface area contributed by atoms with E-state index in [1.54, 1.807) is 6.20 Å². The number of nitrogens with zero attached hydrogens (tertiary/aromatic N) is 2. The number of aromatic nitrogens is 1. The standard InChI is InChI=1S/C9H10N2/c1-8-7-11-6-4-9(8)3-5-10-2/h4,6-7H,3,5H2,1H3. The highest BCUT2D eigenvalue weighted by molar-refractivity contribution is 5.21. The highest BCUT2D eigenvalue weighted by Gasteiger charge is 1.97. The van der Waals surface area contributed by atoms with Gasteiger partial charge in [-0.3, -0.25) is 4.98 Å². The highest BCUT2D eigenvalue weighted by Crippen LogP contribution is 2.05. The number of hydrogen-bond acceptors (Lipinski definition) is 1. The number of rotatable bonds is 2. The van der Waals surface area contributed by atoms with E-state index in [2.05, 4.69) is 9.83 Å². The maximum atomic E-state index is 6.63. The quantitative estimate of drug-likeness (QED) is 0.582. The minimum Gasteiger partial charge on any atom is -0.317 e. The zero-order chi connectivity index (χ0) is 8.10. The lowest BCUT2D eigenvalue weighted by Crippen LogP contribution is -1.91. The summed E-state index contributed by atoms with van der Waals surface area (Å²) in [6, 6.07) is 1.97. The SMILES string of the molecule is [C-]#[N+]CCc1ccncc1C. The zero-order valence-corrected chi connectivity index (χ0v) is 6.54. The molecular weight excluding hydrogens is 136 g/mol. The van der Waals surface area contributed by atoms with Gasteiger partial charge in [-0.05, 0) is 24.1 Å². The fraction of sp³-hybridized carbons (Fsp3) is 0.333. The van der Waals surface area contributed by atoms with Crippen molar-refractivity contribution in [2.24, 2.45) is 0 Å². The fourth-order valence-electron chi connectivity index (χ4n) is 0.959. The Morgan fingerprint density at radius 3 is 3.09 bits per heavy atom. The number of hydrogen-bond donors (Lipinski definition) is 0. The smallest absolute Gasteiger partial charge is 0.218 e. The highest BCUT2D eigenvalue weighted by atomic mass is 14.6. The maximum absolute atomic E-state index is 6.63. The van der Waals surface area contributed by atoms with Crippen molar-refractivity contribution < 1.29 is 0 Å². The average Bonchev–Trinajstić information content (AvgIpc) is 2.03. The molecule has 0 aliphatic rings. The molecule has 0 bridgehead atoms. The Hall–Kier alpha value is -1.36. The molecule has 0 unspecified atom stereocenters. The molecule has 0 spiro atoms. The van der Waals surface area contributed by atoms with E-state index in [4.69, 9.17) is 6.57 Å². The first-order valence-corrected chi connectivity index (χ1v) is 3.57. The third kappa shape index (κ3) is 2.05. The fourth-order valence-corrected chi connectivity index (χ4v) is 0.959. The van der Waals surface area contributed by atoms with Crippen LogP contribution in [0.3, 0.4) is 0 Å². The van der Waals surface area contributed by atoms with Crippen LogP contribution in [0, 0.1) is 13.5 Å². The molecule has 0 N–H and O–H groups in total. The maximum Gasteiger partial charge on any atom is 0.218 e. The Balaban J connectivity index is 2.71. The van der Waals surface area contributed by atoms with E-state index in [-0.39, 0.29) is 0 Å². The van der Waals surface area contributed by atoms with Crippen molar-refractivity contribution in [1.29, 1.82) is 0 Å². The van der Waals surface area contributed by atoms with Crippen LogP contribution in [-0.2, 0) is 6.42 Å². The van der Waals surface area contributed by atoms with Crippen molar-refractivity contribution in [3.05, 3.63) is 41.0 Å². The topological polar surface area (TPSA) is 17.2 Å². The van der Waals surface area contributed by atoms with Crippen molar-refractivity contribution >= 4 is 0 Å². The Labute approximate surface area is 66.7 Å². The summed E-state index contributed by atoms with van der Waals surface area (Å²) in [5.74, 6) is 0. The molecule has 0 aliphatic carbocycles. The summed E-state index contributed by atoms with van der Waals surface area (Å²) in [5, 5.41) is 0. The van der Waals surface area contributed by atoms with Crippen molar-refractivity contribution in [2.75, 3.05) is 6.54 Å². The van der Waals surface area contributed by atoms with Gasteiger partial charge >= 0.3 is 0 Å². The monoisotopic (exact) mass is 146 g/mol. The van der Waals surface area contributed by atoms with Gasteiger partial charge in [0.25, 0.3) is 0 Å². The van der Waals surface area contributed by atoms with Gasteiger partial charge in [0.1, 0.15) is 0 Å². The average molecular weight is 146 g/mol. The molecule has 2 nitrogen and oxygen atoms in total. The van der Waals surface area contributed by atoms with E-state index >= 15 is 0 Å². The predicted molar refractivity (Wildman–Crippen MR) is 44.1 cm³/mol. The molecule has 0 atom stereocenters.